The van der Waals surface area contributed by atoms with E-state index in [9.17, 15) is 0 Å². The Bertz CT molecular complexity index is 565. The predicted octanol–water partition coefficient (Wildman–Crippen LogP) is 3.86. The van der Waals surface area contributed by atoms with Gasteiger partial charge < -0.3 is 10.1 Å². The number of rotatable bonds is 6. The predicted molar refractivity (Wildman–Crippen MR) is 84.7 cm³/mol. The summed E-state index contributed by atoms with van der Waals surface area (Å²) < 4.78 is 5.34. The molecule has 3 nitrogen and oxygen atoms in total. The number of nitrogens with zero attached hydrogens (tertiary/aromatic N) is 1. The SMILES string of the molecule is CCCNC(c1ccc(OC)c(C)c1)c1nc(C)cs1. The van der Waals surface area contributed by atoms with Gasteiger partial charge in [-0.1, -0.05) is 19.1 Å². The Labute approximate surface area is 125 Å². The monoisotopic (exact) mass is 290 g/mol. The number of hydrogen-bond donors (Lipinski definition) is 1. The van der Waals surface area contributed by atoms with Gasteiger partial charge in [-0.3, -0.25) is 0 Å². The van der Waals surface area contributed by atoms with Gasteiger partial charge in [-0.2, -0.15) is 0 Å². The van der Waals surface area contributed by atoms with Crippen molar-refractivity contribution < 1.29 is 4.74 Å². The van der Waals surface area contributed by atoms with E-state index in [1.54, 1.807) is 18.4 Å². The molecule has 0 saturated carbocycles. The molecule has 1 heterocycles. The molecule has 0 spiro atoms. The fourth-order valence-corrected chi connectivity index (χ4v) is 3.12. The fraction of sp³-hybridized carbons (Fsp3) is 0.438. The summed E-state index contributed by atoms with van der Waals surface area (Å²) in [6.45, 7) is 7.27. The minimum Gasteiger partial charge on any atom is -0.496 e. The lowest BCUT2D eigenvalue weighted by Gasteiger charge is -2.18. The first-order chi connectivity index (χ1) is 9.65. The van der Waals surface area contributed by atoms with Crippen LogP contribution >= 0.6 is 11.3 Å². The summed E-state index contributed by atoms with van der Waals surface area (Å²) in [5.74, 6) is 0.929. The average Bonchev–Trinajstić information content (AvgIpc) is 2.86. The van der Waals surface area contributed by atoms with Crippen LogP contribution in [0.3, 0.4) is 0 Å². The van der Waals surface area contributed by atoms with Crippen molar-refractivity contribution in [2.45, 2.75) is 33.2 Å². The number of aryl methyl sites for hydroxylation is 2. The minimum absolute atomic E-state index is 0.165. The molecule has 1 aromatic carbocycles. The topological polar surface area (TPSA) is 34.1 Å². The second-order valence-electron chi connectivity index (χ2n) is 4.94. The molecule has 2 rings (SSSR count). The van der Waals surface area contributed by atoms with E-state index in [-0.39, 0.29) is 6.04 Å². The summed E-state index contributed by atoms with van der Waals surface area (Å²) in [4.78, 5) is 4.64. The maximum absolute atomic E-state index is 5.34. The van der Waals surface area contributed by atoms with Crippen LogP contribution in [0.5, 0.6) is 5.75 Å². The number of thiazole rings is 1. The van der Waals surface area contributed by atoms with Crippen LogP contribution in [0.4, 0.5) is 0 Å². The summed E-state index contributed by atoms with van der Waals surface area (Å²) in [6.07, 6.45) is 1.11. The van der Waals surface area contributed by atoms with Gasteiger partial charge in [-0.25, -0.2) is 4.98 Å². The Morgan fingerprint density at radius 3 is 2.70 bits per heavy atom. The van der Waals surface area contributed by atoms with Gasteiger partial charge in [0.2, 0.25) is 0 Å². The molecule has 0 saturated heterocycles. The molecule has 1 atom stereocenters. The summed E-state index contributed by atoms with van der Waals surface area (Å²) in [6, 6.07) is 6.50. The van der Waals surface area contributed by atoms with Gasteiger partial charge in [0.15, 0.2) is 0 Å². The molecule has 0 aliphatic rings. The molecular weight excluding hydrogens is 268 g/mol. The molecule has 1 N–H and O–H groups in total. The third-order valence-corrected chi connectivity index (χ3v) is 4.26. The minimum atomic E-state index is 0.165. The Kier molecular flexibility index (Phi) is 5.15. The summed E-state index contributed by atoms with van der Waals surface area (Å²) >= 11 is 1.71. The van der Waals surface area contributed by atoms with Crippen LogP contribution in [0.2, 0.25) is 0 Å². The van der Waals surface area contributed by atoms with Gasteiger partial charge >= 0.3 is 0 Å². The number of benzene rings is 1. The van der Waals surface area contributed by atoms with Crippen molar-refractivity contribution in [2.75, 3.05) is 13.7 Å². The molecular formula is C16H22N2OS. The molecule has 0 aliphatic heterocycles. The van der Waals surface area contributed by atoms with E-state index < -0.39 is 0 Å². The molecule has 1 unspecified atom stereocenters. The Balaban J connectivity index is 2.33. The maximum atomic E-state index is 5.34. The number of aromatic nitrogens is 1. The van der Waals surface area contributed by atoms with Gasteiger partial charge in [0.1, 0.15) is 10.8 Å². The van der Waals surface area contributed by atoms with Crippen LogP contribution in [0, 0.1) is 13.8 Å². The Hall–Kier alpha value is -1.39. The highest BCUT2D eigenvalue weighted by Crippen LogP contribution is 2.28. The summed E-state index contributed by atoms with van der Waals surface area (Å²) in [5, 5.41) is 6.82. The van der Waals surface area contributed by atoms with E-state index in [1.807, 2.05) is 13.0 Å². The van der Waals surface area contributed by atoms with Crippen molar-refractivity contribution >= 4 is 11.3 Å². The van der Waals surface area contributed by atoms with Crippen LogP contribution in [-0.2, 0) is 0 Å². The molecule has 108 valence electrons. The molecule has 0 amide bonds. The van der Waals surface area contributed by atoms with Gasteiger partial charge in [-0.05, 0) is 44.0 Å². The van der Waals surface area contributed by atoms with Crippen molar-refractivity contribution in [2.24, 2.45) is 0 Å². The first-order valence-electron chi connectivity index (χ1n) is 6.95. The zero-order valence-electron chi connectivity index (χ0n) is 12.6. The first kappa shape index (κ1) is 15.0. The second-order valence-corrected chi connectivity index (χ2v) is 5.83. The largest absolute Gasteiger partial charge is 0.496 e. The van der Waals surface area contributed by atoms with Crippen molar-refractivity contribution in [3.63, 3.8) is 0 Å². The molecule has 0 bridgehead atoms. The Morgan fingerprint density at radius 2 is 2.15 bits per heavy atom. The molecule has 0 fully saturated rings. The van der Waals surface area contributed by atoms with Gasteiger partial charge in [0.25, 0.3) is 0 Å². The molecule has 0 aliphatic carbocycles. The number of hydrogen-bond acceptors (Lipinski definition) is 4. The third-order valence-electron chi connectivity index (χ3n) is 3.23. The van der Waals surface area contributed by atoms with E-state index in [0.717, 1.165) is 35.0 Å². The van der Waals surface area contributed by atoms with E-state index >= 15 is 0 Å². The summed E-state index contributed by atoms with van der Waals surface area (Å²) in [5.41, 5.74) is 3.48. The van der Waals surface area contributed by atoms with Crippen LogP contribution in [0.25, 0.3) is 0 Å². The lowest BCUT2D eigenvalue weighted by molar-refractivity contribution is 0.411. The molecule has 4 heteroatoms. The second kappa shape index (κ2) is 6.86. The van der Waals surface area contributed by atoms with E-state index in [2.05, 4.69) is 41.7 Å². The first-order valence-corrected chi connectivity index (χ1v) is 7.83. The molecule has 1 aromatic heterocycles. The lowest BCUT2D eigenvalue weighted by Crippen LogP contribution is -2.23. The fourth-order valence-electron chi connectivity index (χ4n) is 2.22. The standard InChI is InChI=1S/C16H22N2OS/c1-5-8-17-15(16-18-12(3)10-20-16)13-6-7-14(19-4)11(2)9-13/h6-7,9-10,15,17H,5,8H2,1-4H3. The number of nitrogens with one attached hydrogen (secondary N) is 1. The van der Waals surface area contributed by atoms with E-state index in [0.29, 0.717) is 0 Å². The van der Waals surface area contributed by atoms with E-state index in [1.165, 1.54) is 5.56 Å². The van der Waals surface area contributed by atoms with Crippen molar-refractivity contribution in [3.05, 3.63) is 45.4 Å². The normalized spacial score (nSPS) is 12.4. The smallest absolute Gasteiger partial charge is 0.121 e. The van der Waals surface area contributed by atoms with Crippen molar-refractivity contribution in [1.29, 1.82) is 0 Å². The zero-order chi connectivity index (χ0) is 14.5. The van der Waals surface area contributed by atoms with Crippen LogP contribution < -0.4 is 10.1 Å². The number of methoxy groups -OCH3 is 1. The van der Waals surface area contributed by atoms with Crippen LogP contribution in [0.15, 0.2) is 23.6 Å². The van der Waals surface area contributed by atoms with Crippen molar-refractivity contribution in [3.8, 4) is 5.75 Å². The highest BCUT2D eigenvalue weighted by molar-refractivity contribution is 7.09. The highest BCUT2D eigenvalue weighted by atomic mass is 32.1. The average molecular weight is 290 g/mol. The van der Waals surface area contributed by atoms with Gasteiger partial charge in [-0.15, -0.1) is 11.3 Å². The quantitative estimate of drug-likeness (QED) is 0.877. The zero-order valence-corrected chi connectivity index (χ0v) is 13.4. The lowest BCUT2D eigenvalue weighted by atomic mass is 10.0. The highest BCUT2D eigenvalue weighted by Gasteiger charge is 2.17. The van der Waals surface area contributed by atoms with Gasteiger partial charge in [0.05, 0.1) is 13.2 Å². The molecule has 0 radical (unpaired) electrons. The van der Waals surface area contributed by atoms with Crippen LogP contribution in [0.1, 0.15) is 41.2 Å². The summed E-state index contributed by atoms with van der Waals surface area (Å²) in [7, 11) is 1.71. The van der Waals surface area contributed by atoms with Gasteiger partial charge in [0, 0.05) is 11.1 Å². The molecule has 2 aromatic rings. The number of ether oxygens (including phenoxy) is 1. The van der Waals surface area contributed by atoms with E-state index in [4.69, 9.17) is 4.74 Å². The maximum Gasteiger partial charge on any atom is 0.121 e. The van der Waals surface area contributed by atoms with Crippen LogP contribution in [-0.4, -0.2) is 18.6 Å². The Morgan fingerprint density at radius 1 is 1.35 bits per heavy atom. The van der Waals surface area contributed by atoms with Crippen molar-refractivity contribution in [1.82, 2.24) is 10.3 Å². The third kappa shape index (κ3) is 3.38. The molecule has 20 heavy (non-hydrogen) atoms.